The van der Waals surface area contributed by atoms with Crippen LogP contribution >= 0.6 is 15.9 Å². The lowest BCUT2D eigenvalue weighted by molar-refractivity contribution is -0.266. The Hall–Kier alpha value is -1.01. The monoisotopic (exact) mass is 305 g/mol. The molecular weight excluding hydrogens is 296 g/mol. The molecule has 0 bridgehead atoms. The van der Waals surface area contributed by atoms with E-state index in [1.807, 2.05) is 19.1 Å². The molecule has 0 aromatic heterocycles. The van der Waals surface area contributed by atoms with Gasteiger partial charge < -0.3 is 9.94 Å². The van der Waals surface area contributed by atoms with Crippen molar-refractivity contribution in [3.63, 3.8) is 0 Å². The SMILES string of the molecule is Cc1ccc(C2=NOC(O)(C(F)(F)Br)C2)cc1. The van der Waals surface area contributed by atoms with Gasteiger partial charge in [-0.15, -0.1) is 0 Å². The van der Waals surface area contributed by atoms with Crippen LogP contribution in [0.15, 0.2) is 29.4 Å². The highest BCUT2D eigenvalue weighted by Gasteiger charge is 2.57. The maximum atomic E-state index is 13.0. The number of halogens is 3. The van der Waals surface area contributed by atoms with Gasteiger partial charge in [0.05, 0.1) is 12.1 Å². The molecule has 1 aliphatic rings. The summed E-state index contributed by atoms with van der Waals surface area (Å²) in [6, 6.07) is 7.16. The van der Waals surface area contributed by atoms with Gasteiger partial charge in [-0.1, -0.05) is 35.0 Å². The van der Waals surface area contributed by atoms with E-state index in [1.165, 1.54) is 0 Å². The maximum Gasteiger partial charge on any atom is 0.367 e. The lowest BCUT2D eigenvalue weighted by Crippen LogP contribution is -2.44. The smallest absolute Gasteiger partial charge is 0.352 e. The summed E-state index contributed by atoms with van der Waals surface area (Å²) in [6.45, 7) is 1.92. The van der Waals surface area contributed by atoms with Gasteiger partial charge in [-0.2, -0.15) is 8.78 Å². The molecule has 17 heavy (non-hydrogen) atoms. The van der Waals surface area contributed by atoms with Crippen molar-refractivity contribution in [3.05, 3.63) is 35.4 Å². The summed E-state index contributed by atoms with van der Waals surface area (Å²) in [4.78, 5) is 0.903. The third kappa shape index (κ3) is 2.32. The Morgan fingerprint density at radius 1 is 1.41 bits per heavy atom. The predicted molar refractivity (Wildman–Crippen MR) is 62.2 cm³/mol. The van der Waals surface area contributed by atoms with Crippen molar-refractivity contribution < 1.29 is 18.7 Å². The number of aliphatic hydroxyl groups is 1. The van der Waals surface area contributed by atoms with Crippen LogP contribution in [0.3, 0.4) is 0 Å². The van der Waals surface area contributed by atoms with Crippen LogP contribution in [0, 0.1) is 6.92 Å². The van der Waals surface area contributed by atoms with Gasteiger partial charge in [0.25, 0.3) is 0 Å². The number of hydrogen-bond donors (Lipinski definition) is 1. The minimum Gasteiger partial charge on any atom is -0.352 e. The van der Waals surface area contributed by atoms with E-state index in [9.17, 15) is 13.9 Å². The van der Waals surface area contributed by atoms with E-state index in [-0.39, 0.29) is 6.42 Å². The van der Waals surface area contributed by atoms with E-state index < -0.39 is 10.6 Å². The summed E-state index contributed by atoms with van der Waals surface area (Å²) in [7, 11) is 0. The molecule has 0 aliphatic carbocycles. The molecule has 0 spiro atoms. The largest absolute Gasteiger partial charge is 0.367 e. The van der Waals surface area contributed by atoms with Crippen molar-refractivity contribution in [2.75, 3.05) is 0 Å². The zero-order valence-corrected chi connectivity index (χ0v) is 10.5. The van der Waals surface area contributed by atoms with Crippen LogP contribution in [0.1, 0.15) is 17.5 Å². The molecule has 0 fully saturated rings. The van der Waals surface area contributed by atoms with Crippen molar-refractivity contribution in [2.45, 2.75) is 24.0 Å². The Morgan fingerprint density at radius 3 is 2.47 bits per heavy atom. The molecule has 92 valence electrons. The molecular formula is C11H10BrF2NO2. The summed E-state index contributed by atoms with van der Waals surface area (Å²) in [6.07, 6.45) is -0.367. The predicted octanol–water partition coefficient (Wildman–Crippen LogP) is 2.80. The quantitative estimate of drug-likeness (QED) is 0.854. The van der Waals surface area contributed by atoms with Gasteiger partial charge in [-0.25, -0.2) is 0 Å². The fourth-order valence-corrected chi connectivity index (χ4v) is 1.69. The van der Waals surface area contributed by atoms with Crippen molar-refractivity contribution in [3.8, 4) is 0 Å². The van der Waals surface area contributed by atoms with Crippen LogP contribution in [-0.2, 0) is 4.84 Å². The standard InChI is InChI=1S/C11H10BrF2NO2/c1-7-2-4-8(5-3-7)9-6-10(16,17-15-9)11(12,13)14/h2-5,16H,6H2,1H3. The molecule has 6 heteroatoms. The average Bonchev–Trinajstić information content (AvgIpc) is 2.63. The first kappa shape index (κ1) is 12.4. The Bertz CT molecular complexity index is 456. The molecule has 1 atom stereocenters. The Kier molecular flexibility index (Phi) is 2.95. The molecule has 1 aromatic carbocycles. The van der Waals surface area contributed by atoms with Crippen molar-refractivity contribution in [1.82, 2.24) is 0 Å². The van der Waals surface area contributed by atoms with E-state index in [1.54, 1.807) is 12.1 Å². The number of alkyl halides is 3. The highest BCUT2D eigenvalue weighted by atomic mass is 79.9. The van der Waals surface area contributed by atoms with E-state index in [2.05, 4.69) is 25.9 Å². The second-order valence-electron chi connectivity index (χ2n) is 3.95. The zero-order chi connectivity index (χ0) is 12.7. The molecule has 1 N–H and O–H groups in total. The van der Waals surface area contributed by atoms with Gasteiger partial charge in [0.1, 0.15) is 0 Å². The number of oxime groups is 1. The maximum absolute atomic E-state index is 13.0. The first-order valence-corrected chi connectivity index (χ1v) is 5.72. The number of aryl methyl sites for hydroxylation is 1. The Balaban J connectivity index is 2.20. The second-order valence-corrected chi connectivity index (χ2v) is 4.95. The molecule has 1 heterocycles. The summed E-state index contributed by atoms with van der Waals surface area (Å²) >= 11 is 2.09. The average molecular weight is 306 g/mol. The van der Waals surface area contributed by atoms with Gasteiger partial charge >= 0.3 is 10.6 Å². The molecule has 1 unspecified atom stereocenters. The van der Waals surface area contributed by atoms with Gasteiger partial charge in [-0.05, 0) is 28.4 Å². The Labute approximate surface area is 105 Å². The van der Waals surface area contributed by atoms with Gasteiger partial charge in [0.15, 0.2) is 0 Å². The highest BCUT2D eigenvalue weighted by molar-refractivity contribution is 9.10. The molecule has 0 saturated carbocycles. The van der Waals surface area contributed by atoms with Crippen LogP contribution in [0.25, 0.3) is 0 Å². The second kappa shape index (κ2) is 4.03. The minimum absolute atomic E-state index is 0.298. The third-order valence-corrected chi connectivity index (χ3v) is 3.16. The van der Waals surface area contributed by atoms with Crippen LogP contribution < -0.4 is 0 Å². The van der Waals surface area contributed by atoms with Crippen molar-refractivity contribution in [1.29, 1.82) is 0 Å². The fourth-order valence-electron chi connectivity index (χ4n) is 1.47. The molecule has 0 amide bonds. The van der Waals surface area contributed by atoms with E-state index in [0.29, 0.717) is 11.3 Å². The lowest BCUT2D eigenvalue weighted by atomic mass is 10.0. The molecule has 3 nitrogen and oxygen atoms in total. The van der Waals surface area contributed by atoms with E-state index in [4.69, 9.17) is 0 Å². The lowest BCUT2D eigenvalue weighted by Gasteiger charge is -2.24. The number of benzene rings is 1. The summed E-state index contributed by atoms with van der Waals surface area (Å²) in [5, 5.41) is 13.1. The summed E-state index contributed by atoms with van der Waals surface area (Å²) < 4.78 is 26.1. The number of nitrogens with zero attached hydrogens (tertiary/aromatic N) is 1. The fraction of sp³-hybridized carbons (Fsp3) is 0.364. The number of rotatable bonds is 2. The highest BCUT2D eigenvalue weighted by Crippen LogP contribution is 2.42. The van der Waals surface area contributed by atoms with E-state index in [0.717, 1.165) is 5.56 Å². The summed E-state index contributed by atoms with van der Waals surface area (Å²) in [5.74, 6) is -2.62. The van der Waals surface area contributed by atoms with Gasteiger partial charge in [-0.3, -0.25) is 0 Å². The van der Waals surface area contributed by atoms with Crippen LogP contribution in [0.4, 0.5) is 8.78 Å². The molecule has 1 aliphatic heterocycles. The topological polar surface area (TPSA) is 41.8 Å². The normalized spacial score (nSPS) is 24.4. The third-order valence-electron chi connectivity index (χ3n) is 2.54. The van der Waals surface area contributed by atoms with Crippen LogP contribution in [-0.4, -0.2) is 21.4 Å². The zero-order valence-electron chi connectivity index (χ0n) is 8.95. The van der Waals surface area contributed by atoms with Gasteiger partial charge in [0.2, 0.25) is 0 Å². The van der Waals surface area contributed by atoms with E-state index >= 15 is 0 Å². The van der Waals surface area contributed by atoms with Gasteiger partial charge in [0, 0.05) is 0 Å². The summed E-state index contributed by atoms with van der Waals surface area (Å²) in [5.41, 5.74) is 2.00. The first-order valence-electron chi connectivity index (χ1n) is 4.93. The number of hydrogen-bond acceptors (Lipinski definition) is 3. The van der Waals surface area contributed by atoms with Crippen LogP contribution in [0.5, 0.6) is 0 Å². The molecule has 1 aromatic rings. The van der Waals surface area contributed by atoms with Crippen LogP contribution in [0.2, 0.25) is 0 Å². The molecule has 0 saturated heterocycles. The van der Waals surface area contributed by atoms with Crippen molar-refractivity contribution in [2.24, 2.45) is 5.16 Å². The van der Waals surface area contributed by atoms with Crippen molar-refractivity contribution >= 4 is 21.6 Å². The molecule has 2 rings (SSSR count). The Morgan fingerprint density at radius 2 is 2.00 bits per heavy atom. The minimum atomic E-state index is -3.55. The first-order chi connectivity index (χ1) is 7.82. The molecule has 0 radical (unpaired) electrons.